The van der Waals surface area contributed by atoms with E-state index in [4.69, 9.17) is 5.73 Å². The van der Waals surface area contributed by atoms with E-state index in [0.29, 0.717) is 10.5 Å². The predicted octanol–water partition coefficient (Wildman–Crippen LogP) is 2.68. The molecule has 0 bridgehead atoms. The van der Waals surface area contributed by atoms with Crippen LogP contribution in [0.4, 0.5) is 0 Å². The molecule has 1 saturated heterocycles. The van der Waals surface area contributed by atoms with Gasteiger partial charge in [-0.3, -0.25) is 4.68 Å². The number of para-hydroxylation sites is 1. The molecule has 108 valence electrons. The molecule has 2 aromatic rings. The summed E-state index contributed by atoms with van der Waals surface area (Å²) < 4.78 is 1.96. The standard InChI is InChI=1S/C15H21N3S2/c1-10-15(20-8-7-19-10)12(16)9-13-11-5-3-4-6-14(11)18(2)17-13/h3-6,10,12,15H,7-9,16H2,1-2H3. The van der Waals surface area contributed by atoms with E-state index in [1.54, 1.807) is 0 Å². The summed E-state index contributed by atoms with van der Waals surface area (Å²) in [4.78, 5) is 0. The fourth-order valence-corrected chi connectivity index (χ4v) is 5.79. The van der Waals surface area contributed by atoms with Crippen LogP contribution < -0.4 is 5.73 Å². The van der Waals surface area contributed by atoms with Gasteiger partial charge in [0.25, 0.3) is 0 Å². The van der Waals surface area contributed by atoms with Gasteiger partial charge in [-0.25, -0.2) is 0 Å². The Morgan fingerprint density at radius 3 is 2.90 bits per heavy atom. The van der Waals surface area contributed by atoms with E-state index in [0.717, 1.165) is 12.1 Å². The second kappa shape index (κ2) is 6.00. The Kier molecular flexibility index (Phi) is 4.29. The summed E-state index contributed by atoms with van der Waals surface area (Å²) in [6.45, 7) is 2.30. The zero-order chi connectivity index (χ0) is 14.1. The van der Waals surface area contributed by atoms with Gasteiger partial charge < -0.3 is 5.73 Å². The van der Waals surface area contributed by atoms with Gasteiger partial charge in [-0.2, -0.15) is 28.6 Å². The van der Waals surface area contributed by atoms with Crippen molar-refractivity contribution in [2.24, 2.45) is 12.8 Å². The highest BCUT2D eigenvalue weighted by molar-refractivity contribution is 8.07. The quantitative estimate of drug-likeness (QED) is 0.947. The molecule has 3 unspecified atom stereocenters. The third kappa shape index (κ3) is 2.71. The van der Waals surface area contributed by atoms with Crippen LogP contribution in [0.15, 0.2) is 24.3 Å². The van der Waals surface area contributed by atoms with E-state index in [1.165, 1.54) is 22.4 Å². The highest BCUT2D eigenvalue weighted by atomic mass is 32.2. The number of aryl methyl sites for hydroxylation is 1. The van der Waals surface area contributed by atoms with Crippen LogP contribution in [0.2, 0.25) is 0 Å². The summed E-state index contributed by atoms with van der Waals surface area (Å²) in [5.74, 6) is 2.47. The normalized spacial score (nSPS) is 24.9. The second-order valence-corrected chi connectivity index (χ2v) is 8.14. The molecule has 1 aliphatic rings. The molecule has 3 rings (SSSR count). The van der Waals surface area contributed by atoms with Crippen molar-refractivity contribution in [1.29, 1.82) is 0 Å². The monoisotopic (exact) mass is 307 g/mol. The number of nitrogens with zero attached hydrogens (tertiary/aromatic N) is 2. The summed E-state index contributed by atoms with van der Waals surface area (Å²) in [5.41, 5.74) is 8.81. The van der Waals surface area contributed by atoms with Crippen molar-refractivity contribution >= 4 is 34.4 Å². The summed E-state index contributed by atoms with van der Waals surface area (Å²) in [5, 5.41) is 7.09. The fourth-order valence-electron chi connectivity index (χ4n) is 2.90. The largest absolute Gasteiger partial charge is 0.326 e. The van der Waals surface area contributed by atoms with Gasteiger partial charge in [0.2, 0.25) is 0 Å². The average Bonchev–Trinajstić information content (AvgIpc) is 2.76. The molecule has 0 saturated carbocycles. The first-order valence-corrected chi connectivity index (χ1v) is 9.16. The van der Waals surface area contributed by atoms with Gasteiger partial charge in [-0.15, -0.1) is 0 Å². The maximum atomic E-state index is 6.49. The Labute approximate surface area is 128 Å². The van der Waals surface area contributed by atoms with Crippen molar-refractivity contribution in [2.45, 2.75) is 29.9 Å². The number of benzene rings is 1. The number of fused-ring (bicyclic) bond motifs is 1. The van der Waals surface area contributed by atoms with Crippen LogP contribution in [-0.4, -0.2) is 37.8 Å². The molecule has 5 heteroatoms. The minimum Gasteiger partial charge on any atom is -0.326 e. The van der Waals surface area contributed by atoms with Crippen molar-refractivity contribution in [2.75, 3.05) is 11.5 Å². The molecule has 0 aliphatic carbocycles. The first-order valence-electron chi connectivity index (χ1n) is 7.06. The van der Waals surface area contributed by atoms with E-state index in [-0.39, 0.29) is 6.04 Å². The molecule has 1 fully saturated rings. The fraction of sp³-hybridized carbons (Fsp3) is 0.533. The Bertz CT molecular complexity index is 596. The Balaban J connectivity index is 1.82. The Hall–Kier alpha value is -0.650. The predicted molar refractivity (Wildman–Crippen MR) is 90.6 cm³/mol. The minimum atomic E-state index is 0.182. The van der Waals surface area contributed by atoms with Crippen molar-refractivity contribution in [3.63, 3.8) is 0 Å². The highest BCUT2D eigenvalue weighted by Crippen LogP contribution is 2.33. The van der Waals surface area contributed by atoms with Crippen molar-refractivity contribution in [3.05, 3.63) is 30.0 Å². The van der Waals surface area contributed by atoms with Crippen LogP contribution in [0, 0.1) is 0 Å². The molecule has 2 heterocycles. The lowest BCUT2D eigenvalue weighted by Gasteiger charge is -2.32. The average molecular weight is 307 g/mol. The van der Waals surface area contributed by atoms with Gasteiger partial charge in [-0.05, 0) is 6.07 Å². The van der Waals surface area contributed by atoms with Crippen molar-refractivity contribution in [3.8, 4) is 0 Å². The van der Waals surface area contributed by atoms with Crippen molar-refractivity contribution < 1.29 is 0 Å². The third-order valence-corrected chi connectivity index (χ3v) is 7.19. The number of hydrogen-bond acceptors (Lipinski definition) is 4. The zero-order valence-corrected chi connectivity index (χ0v) is 13.6. The van der Waals surface area contributed by atoms with Crippen LogP contribution in [0.1, 0.15) is 12.6 Å². The van der Waals surface area contributed by atoms with Crippen LogP contribution in [-0.2, 0) is 13.5 Å². The molecule has 1 aromatic carbocycles. The molecular formula is C15H21N3S2. The Morgan fingerprint density at radius 2 is 2.10 bits per heavy atom. The van der Waals surface area contributed by atoms with Crippen LogP contribution in [0.3, 0.4) is 0 Å². The maximum Gasteiger partial charge on any atom is 0.0719 e. The summed E-state index contributed by atoms with van der Waals surface area (Å²) >= 11 is 4.08. The van der Waals surface area contributed by atoms with Gasteiger partial charge in [-0.1, -0.05) is 25.1 Å². The minimum absolute atomic E-state index is 0.182. The van der Waals surface area contributed by atoms with Crippen molar-refractivity contribution in [1.82, 2.24) is 9.78 Å². The topological polar surface area (TPSA) is 43.8 Å². The van der Waals surface area contributed by atoms with Crippen LogP contribution in [0.5, 0.6) is 0 Å². The number of hydrogen-bond donors (Lipinski definition) is 1. The van der Waals surface area contributed by atoms with Gasteiger partial charge in [0.05, 0.1) is 11.2 Å². The number of rotatable bonds is 3. The van der Waals surface area contributed by atoms with Crippen LogP contribution in [0.25, 0.3) is 10.9 Å². The van der Waals surface area contributed by atoms with E-state index in [1.807, 2.05) is 35.3 Å². The first-order chi connectivity index (χ1) is 9.66. The molecule has 3 atom stereocenters. The molecule has 0 radical (unpaired) electrons. The highest BCUT2D eigenvalue weighted by Gasteiger charge is 2.29. The molecule has 0 amide bonds. The van der Waals surface area contributed by atoms with E-state index in [2.05, 4.69) is 36.3 Å². The molecule has 2 N–H and O–H groups in total. The summed E-state index contributed by atoms with van der Waals surface area (Å²) in [6.07, 6.45) is 0.865. The molecule has 3 nitrogen and oxygen atoms in total. The summed E-state index contributed by atoms with van der Waals surface area (Å²) in [6, 6.07) is 8.58. The molecule has 1 aliphatic heterocycles. The van der Waals surface area contributed by atoms with E-state index < -0.39 is 0 Å². The molecule has 20 heavy (non-hydrogen) atoms. The smallest absolute Gasteiger partial charge is 0.0719 e. The maximum absolute atomic E-state index is 6.49. The second-order valence-electron chi connectivity index (χ2n) is 5.37. The lowest BCUT2D eigenvalue weighted by molar-refractivity contribution is 0.608. The zero-order valence-electron chi connectivity index (χ0n) is 12.0. The van der Waals surface area contributed by atoms with Crippen LogP contribution >= 0.6 is 23.5 Å². The van der Waals surface area contributed by atoms with E-state index in [9.17, 15) is 0 Å². The molecule has 0 spiro atoms. The SMILES string of the molecule is CC1SCCSC1C(N)Cc1nn(C)c2ccccc12. The third-order valence-electron chi connectivity index (χ3n) is 3.92. The van der Waals surface area contributed by atoms with Gasteiger partial charge in [0, 0.05) is 46.9 Å². The van der Waals surface area contributed by atoms with E-state index >= 15 is 0 Å². The number of nitrogens with two attached hydrogens (primary N) is 1. The lowest BCUT2D eigenvalue weighted by atomic mass is 10.0. The molecule has 1 aromatic heterocycles. The van der Waals surface area contributed by atoms with Gasteiger partial charge in [0.1, 0.15) is 0 Å². The number of thioether (sulfide) groups is 2. The van der Waals surface area contributed by atoms with Gasteiger partial charge in [0.15, 0.2) is 0 Å². The first kappa shape index (κ1) is 14.3. The van der Waals surface area contributed by atoms with Gasteiger partial charge >= 0.3 is 0 Å². The Morgan fingerprint density at radius 1 is 1.35 bits per heavy atom. The number of aromatic nitrogens is 2. The lowest BCUT2D eigenvalue weighted by Crippen LogP contribution is -2.42. The molecular weight excluding hydrogens is 286 g/mol. The summed E-state index contributed by atoms with van der Waals surface area (Å²) in [7, 11) is 2.01.